The first kappa shape index (κ1) is 16.5. The average molecular weight is 333 g/mol. The van der Waals surface area contributed by atoms with Gasteiger partial charge in [-0.15, -0.1) is 0 Å². The molecule has 1 N–H and O–H groups in total. The Morgan fingerprint density at radius 3 is 2.62 bits per heavy atom. The van der Waals surface area contributed by atoms with Crippen LogP contribution in [-0.4, -0.2) is 60.4 Å². The highest BCUT2D eigenvalue weighted by atomic mass is 16.7. The number of aliphatic hydroxyl groups excluding tert-OH is 1. The molecule has 4 rings (SSSR count). The third-order valence-corrected chi connectivity index (χ3v) is 5.64. The van der Waals surface area contributed by atoms with Gasteiger partial charge in [0.1, 0.15) is 0 Å². The lowest BCUT2D eigenvalue weighted by atomic mass is 9.89. The second kappa shape index (κ2) is 7.10. The van der Waals surface area contributed by atoms with Crippen molar-refractivity contribution in [2.24, 2.45) is 0 Å². The van der Waals surface area contributed by atoms with Gasteiger partial charge in [-0.25, -0.2) is 0 Å². The summed E-state index contributed by atoms with van der Waals surface area (Å²) < 4.78 is 17.1. The van der Waals surface area contributed by atoms with Crippen LogP contribution >= 0.6 is 0 Å². The van der Waals surface area contributed by atoms with Gasteiger partial charge in [0.15, 0.2) is 6.29 Å². The predicted molar refractivity (Wildman–Crippen MR) is 89.6 cm³/mol. The van der Waals surface area contributed by atoms with Crippen LogP contribution in [0.3, 0.4) is 0 Å². The number of benzene rings is 1. The standard InChI is InChI=1S/C19H27NO4/c1-13-19-17(24-19)11-15(7-8-18-22-9-10-23-18)20(13)16(12-21)14-5-3-2-4-6-14/h2-6,13,15-19,21H,7-12H2,1H3/t13-,15-,16-,17-,19+/m0/s1. The average Bonchev–Trinajstić information content (AvgIpc) is 3.21. The monoisotopic (exact) mass is 333 g/mol. The van der Waals surface area contributed by atoms with Gasteiger partial charge < -0.3 is 19.3 Å². The fraction of sp³-hybridized carbons (Fsp3) is 0.684. The van der Waals surface area contributed by atoms with E-state index in [1.54, 1.807) is 0 Å². The Labute approximate surface area is 143 Å². The van der Waals surface area contributed by atoms with Crippen LogP contribution in [0.1, 0.15) is 37.8 Å². The zero-order valence-electron chi connectivity index (χ0n) is 14.2. The number of hydrogen-bond donors (Lipinski definition) is 1. The van der Waals surface area contributed by atoms with E-state index in [1.807, 2.05) is 18.2 Å². The lowest BCUT2D eigenvalue weighted by Crippen LogP contribution is -2.52. The number of piperidine rings is 1. The molecule has 1 aromatic carbocycles. The van der Waals surface area contributed by atoms with Gasteiger partial charge in [-0.1, -0.05) is 30.3 Å². The number of ether oxygens (including phenoxy) is 3. The summed E-state index contributed by atoms with van der Waals surface area (Å²) in [6, 6.07) is 11.0. The molecular formula is C19H27NO4. The maximum atomic E-state index is 10.1. The smallest absolute Gasteiger partial charge is 0.157 e. The van der Waals surface area contributed by atoms with Crippen molar-refractivity contribution in [3.05, 3.63) is 35.9 Å². The largest absolute Gasteiger partial charge is 0.394 e. The Morgan fingerprint density at radius 1 is 1.17 bits per heavy atom. The first-order valence-corrected chi connectivity index (χ1v) is 9.10. The molecule has 0 aliphatic carbocycles. The summed E-state index contributed by atoms with van der Waals surface area (Å²) in [4.78, 5) is 2.47. The lowest BCUT2D eigenvalue weighted by Gasteiger charge is -2.44. The number of rotatable bonds is 6. The zero-order chi connectivity index (χ0) is 16.5. The van der Waals surface area contributed by atoms with E-state index >= 15 is 0 Å². The number of hydrogen-bond acceptors (Lipinski definition) is 5. The van der Waals surface area contributed by atoms with Crippen molar-refractivity contribution in [2.75, 3.05) is 19.8 Å². The molecule has 5 nitrogen and oxygen atoms in total. The van der Waals surface area contributed by atoms with Gasteiger partial charge in [0.05, 0.1) is 38.1 Å². The number of epoxide rings is 1. The van der Waals surface area contributed by atoms with Crippen molar-refractivity contribution in [3.63, 3.8) is 0 Å². The van der Waals surface area contributed by atoms with E-state index < -0.39 is 0 Å². The summed E-state index contributed by atoms with van der Waals surface area (Å²) in [5.74, 6) is 0. The second-order valence-corrected chi connectivity index (χ2v) is 7.07. The molecule has 24 heavy (non-hydrogen) atoms. The first-order valence-electron chi connectivity index (χ1n) is 9.10. The Morgan fingerprint density at radius 2 is 1.92 bits per heavy atom. The maximum absolute atomic E-state index is 10.1. The highest BCUT2D eigenvalue weighted by Gasteiger charge is 2.53. The van der Waals surface area contributed by atoms with E-state index in [4.69, 9.17) is 14.2 Å². The molecule has 3 aliphatic heterocycles. The van der Waals surface area contributed by atoms with E-state index in [0.717, 1.165) is 19.3 Å². The molecule has 0 aromatic heterocycles. The maximum Gasteiger partial charge on any atom is 0.157 e. The summed E-state index contributed by atoms with van der Waals surface area (Å²) in [5.41, 5.74) is 1.17. The van der Waals surface area contributed by atoms with Gasteiger partial charge >= 0.3 is 0 Å². The van der Waals surface area contributed by atoms with Crippen LogP contribution in [0.25, 0.3) is 0 Å². The molecule has 0 unspecified atom stereocenters. The van der Waals surface area contributed by atoms with Gasteiger partial charge in [-0.2, -0.15) is 0 Å². The summed E-state index contributed by atoms with van der Waals surface area (Å²) >= 11 is 0. The van der Waals surface area contributed by atoms with E-state index in [2.05, 4.69) is 24.0 Å². The summed E-state index contributed by atoms with van der Waals surface area (Å²) in [7, 11) is 0. The quantitative estimate of drug-likeness (QED) is 0.808. The minimum absolute atomic E-state index is 0.0155. The van der Waals surface area contributed by atoms with Crippen molar-refractivity contribution < 1.29 is 19.3 Å². The van der Waals surface area contributed by atoms with Crippen LogP contribution < -0.4 is 0 Å². The molecule has 3 saturated heterocycles. The molecule has 3 aliphatic rings. The predicted octanol–water partition coefficient (Wildman–Crippen LogP) is 2.10. The van der Waals surface area contributed by atoms with E-state index in [0.29, 0.717) is 37.5 Å². The molecule has 1 aromatic rings. The van der Waals surface area contributed by atoms with Crippen LogP contribution in [0, 0.1) is 0 Å². The van der Waals surface area contributed by atoms with Gasteiger partial charge in [-0.3, -0.25) is 4.90 Å². The van der Waals surface area contributed by atoms with Crippen LogP contribution in [0.15, 0.2) is 30.3 Å². The van der Waals surface area contributed by atoms with Gasteiger partial charge in [0.2, 0.25) is 0 Å². The van der Waals surface area contributed by atoms with Crippen LogP contribution in [-0.2, 0) is 14.2 Å². The van der Waals surface area contributed by atoms with E-state index in [1.165, 1.54) is 5.56 Å². The fourth-order valence-electron chi connectivity index (χ4n) is 4.42. The first-order chi connectivity index (χ1) is 11.8. The molecule has 132 valence electrons. The molecule has 3 fully saturated rings. The topological polar surface area (TPSA) is 54.5 Å². The van der Waals surface area contributed by atoms with Gasteiger partial charge in [0.25, 0.3) is 0 Å². The molecular weight excluding hydrogens is 306 g/mol. The van der Waals surface area contributed by atoms with Crippen LogP contribution in [0.5, 0.6) is 0 Å². The highest BCUT2D eigenvalue weighted by molar-refractivity contribution is 5.21. The van der Waals surface area contributed by atoms with Crippen molar-refractivity contribution in [1.82, 2.24) is 4.90 Å². The number of fused-ring (bicyclic) bond motifs is 1. The number of likely N-dealkylation sites (tertiary alicyclic amines) is 1. The summed E-state index contributed by atoms with van der Waals surface area (Å²) in [6.45, 7) is 3.75. The molecule has 3 heterocycles. The highest BCUT2D eigenvalue weighted by Crippen LogP contribution is 2.44. The van der Waals surface area contributed by atoms with Crippen molar-refractivity contribution in [3.8, 4) is 0 Å². The van der Waals surface area contributed by atoms with Gasteiger partial charge in [0, 0.05) is 12.1 Å². The fourth-order valence-corrected chi connectivity index (χ4v) is 4.42. The number of aliphatic hydroxyl groups is 1. The number of nitrogens with zero attached hydrogens (tertiary/aromatic N) is 1. The zero-order valence-corrected chi connectivity index (χ0v) is 14.2. The summed E-state index contributed by atoms with van der Waals surface area (Å²) in [6.07, 6.45) is 3.58. The normalized spacial score (nSPS) is 34.9. The SMILES string of the molecule is C[C@H]1[C@H]2O[C@H]2C[C@H](CCC2OCCO2)N1[C@@H](CO)c1ccccc1. The molecule has 0 amide bonds. The third kappa shape index (κ3) is 3.24. The Kier molecular flexibility index (Phi) is 4.88. The molecule has 0 saturated carbocycles. The Bertz CT molecular complexity index is 533. The van der Waals surface area contributed by atoms with Crippen molar-refractivity contribution >= 4 is 0 Å². The minimum Gasteiger partial charge on any atom is -0.394 e. The van der Waals surface area contributed by atoms with E-state index in [-0.39, 0.29) is 18.9 Å². The lowest BCUT2D eigenvalue weighted by molar-refractivity contribution is -0.0576. The molecule has 5 atom stereocenters. The molecule has 0 radical (unpaired) electrons. The van der Waals surface area contributed by atoms with Crippen molar-refractivity contribution in [1.29, 1.82) is 0 Å². The molecule has 0 spiro atoms. The van der Waals surface area contributed by atoms with Crippen LogP contribution in [0.2, 0.25) is 0 Å². The van der Waals surface area contributed by atoms with E-state index in [9.17, 15) is 5.11 Å². The Balaban J connectivity index is 1.51. The van der Waals surface area contributed by atoms with Crippen LogP contribution in [0.4, 0.5) is 0 Å². The second-order valence-electron chi connectivity index (χ2n) is 7.07. The van der Waals surface area contributed by atoms with Gasteiger partial charge in [-0.05, 0) is 31.7 Å². The third-order valence-electron chi connectivity index (χ3n) is 5.64. The minimum atomic E-state index is -0.0655. The molecule has 5 heteroatoms. The van der Waals surface area contributed by atoms with Crippen molar-refractivity contribution in [2.45, 2.75) is 62.8 Å². The molecule has 0 bridgehead atoms. The summed E-state index contributed by atoms with van der Waals surface area (Å²) in [5, 5.41) is 10.1. The Hall–Kier alpha value is -0.980.